The first-order chi connectivity index (χ1) is 12.2. The molecule has 3 rings (SSSR count). The van der Waals surface area contributed by atoms with E-state index < -0.39 is 0 Å². The number of pyridine rings is 1. The third kappa shape index (κ3) is 4.83. The van der Waals surface area contributed by atoms with Gasteiger partial charge in [-0.3, -0.25) is 9.71 Å². The van der Waals surface area contributed by atoms with Crippen molar-refractivity contribution < 1.29 is 0 Å². The van der Waals surface area contributed by atoms with Gasteiger partial charge in [-0.1, -0.05) is 18.4 Å². The molecular weight excluding hydrogens is 326 g/mol. The van der Waals surface area contributed by atoms with Crippen LogP contribution in [0.25, 0.3) is 10.9 Å². The lowest BCUT2D eigenvalue weighted by molar-refractivity contribution is 0.328. The molecule has 0 amide bonds. The molecule has 1 fully saturated rings. The molecule has 0 aliphatic heterocycles. The molecule has 2 aromatic rings. The van der Waals surface area contributed by atoms with Crippen LogP contribution >= 0.6 is 10.7 Å². The molecule has 0 radical (unpaired) electrons. The van der Waals surface area contributed by atoms with Crippen LogP contribution in [0.1, 0.15) is 45.1 Å². The van der Waals surface area contributed by atoms with Crippen molar-refractivity contribution in [3.05, 3.63) is 36.0 Å². The minimum Gasteiger partial charge on any atom is -0.385 e. The normalized spacial score (nSPS) is 22.2. The van der Waals surface area contributed by atoms with E-state index in [2.05, 4.69) is 59.4 Å². The Bertz CT molecular complexity index is 733. The number of aryl methyl sites for hydroxylation is 1. The Morgan fingerprint density at radius 2 is 2.04 bits per heavy atom. The van der Waals surface area contributed by atoms with Gasteiger partial charge in [0.1, 0.15) is 0 Å². The highest BCUT2D eigenvalue weighted by Crippen LogP contribution is 2.27. The maximum absolute atomic E-state index is 4.48. The monoisotopic (exact) mass is 357 g/mol. The maximum Gasteiger partial charge on any atom is 0.0732 e. The molecule has 1 atom stereocenters. The molecule has 1 unspecified atom stereocenters. The van der Waals surface area contributed by atoms with Gasteiger partial charge in [-0.2, -0.15) is 0 Å². The van der Waals surface area contributed by atoms with E-state index >= 15 is 0 Å². The standard InChI is InChI=1S/C21H31N3S/c1-4-25(5-2)24-19-10-8-17(9-11-19)15-23-20-13-16(3)21-18(14-20)7-6-12-22-21/h4,6-7,12-14,17,19,23-24H,5,8-11,15H2,1-3H3. The molecule has 1 saturated carbocycles. The molecule has 136 valence electrons. The minimum absolute atomic E-state index is 0.307. The van der Waals surface area contributed by atoms with Gasteiger partial charge in [0.2, 0.25) is 0 Å². The van der Waals surface area contributed by atoms with Crippen LogP contribution in [0.4, 0.5) is 5.69 Å². The highest BCUT2D eigenvalue weighted by Gasteiger charge is 2.21. The highest BCUT2D eigenvalue weighted by atomic mass is 32.2. The lowest BCUT2D eigenvalue weighted by atomic mass is 9.86. The number of rotatable bonds is 6. The second-order valence-corrected chi connectivity index (χ2v) is 9.18. The second kappa shape index (κ2) is 8.81. The summed E-state index contributed by atoms with van der Waals surface area (Å²) in [5.74, 6) is 2.01. The van der Waals surface area contributed by atoms with Gasteiger partial charge in [0.05, 0.1) is 5.52 Å². The van der Waals surface area contributed by atoms with Crippen molar-refractivity contribution >= 4 is 32.6 Å². The highest BCUT2D eigenvalue weighted by molar-refractivity contribution is 8.13. The third-order valence-electron chi connectivity index (χ3n) is 5.25. The van der Waals surface area contributed by atoms with E-state index in [-0.39, 0.29) is 0 Å². The van der Waals surface area contributed by atoms with Gasteiger partial charge in [0.15, 0.2) is 0 Å². The number of hydrogen-bond donors (Lipinski definition) is 2. The third-order valence-corrected chi connectivity index (χ3v) is 7.08. The first kappa shape index (κ1) is 18.4. The summed E-state index contributed by atoms with van der Waals surface area (Å²) in [7, 11) is 0.307. The van der Waals surface area contributed by atoms with Crippen LogP contribution in [0.5, 0.6) is 0 Å². The molecule has 0 saturated heterocycles. The van der Waals surface area contributed by atoms with Crippen LogP contribution in [0, 0.1) is 12.8 Å². The lowest BCUT2D eigenvalue weighted by Crippen LogP contribution is -2.32. The number of nitrogens with zero attached hydrogens (tertiary/aromatic N) is 1. The number of hydrogen-bond acceptors (Lipinski definition) is 3. The molecule has 25 heavy (non-hydrogen) atoms. The summed E-state index contributed by atoms with van der Waals surface area (Å²) in [5, 5.41) is 7.22. The van der Waals surface area contributed by atoms with Crippen molar-refractivity contribution in [2.45, 2.75) is 52.5 Å². The zero-order valence-corrected chi connectivity index (χ0v) is 16.5. The molecular formula is C21H31N3S. The summed E-state index contributed by atoms with van der Waals surface area (Å²) in [6, 6.07) is 9.33. The Kier molecular flexibility index (Phi) is 6.49. The van der Waals surface area contributed by atoms with E-state index in [1.165, 1.54) is 48.1 Å². The van der Waals surface area contributed by atoms with E-state index in [4.69, 9.17) is 0 Å². The van der Waals surface area contributed by atoms with Crippen LogP contribution < -0.4 is 10.0 Å². The van der Waals surface area contributed by atoms with E-state index in [9.17, 15) is 0 Å². The summed E-state index contributed by atoms with van der Waals surface area (Å²) in [6.45, 7) is 7.67. The van der Waals surface area contributed by atoms with Crippen molar-refractivity contribution in [1.29, 1.82) is 0 Å². The molecule has 1 aromatic heterocycles. The van der Waals surface area contributed by atoms with Gasteiger partial charge in [0.25, 0.3) is 0 Å². The fraction of sp³-hybridized carbons (Fsp3) is 0.524. The van der Waals surface area contributed by atoms with Crippen LogP contribution in [0.2, 0.25) is 0 Å². The molecule has 3 nitrogen and oxygen atoms in total. The molecule has 1 heterocycles. The first-order valence-corrected chi connectivity index (χ1v) is 11.0. The van der Waals surface area contributed by atoms with Gasteiger partial charge in [-0.25, -0.2) is 0 Å². The average molecular weight is 358 g/mol. The topological polar surface area (TPSA) is 37.0 Å². The number of anilines is 1. The van der Waals surface area contributed by atoms with E-state index in [1.54, 1.807) is 0 Å². The Morgan fingerprint density at radius 3 is 2.76 bits per heavy atom. The Balaban J connectivity index is 1.52. The predicted octanol–water partition coefficient (Wildman–Crippen LogP) is 5.13. The number of benzene rings is 1. The summed E-state index contributed by atoms with van der Waals surface area (Å²) in [5.41, 5.74) is 3.58. The molecule has 4 heteroatoms. The van der Waals surface area contributed by atoms with Gasteiger partial charge in [0, 0.05) is 29.9 Å². The molecule has 0 spiro atoms. The Hall–Kier alpha value is -1.39. The van der Waals surface area contributed by atoms with Crippen LogP contribution in [-0.4, -0.2) is 28.7 Å². The lowest BCUT2D eigenvalue weighted by Gasteiger charge is -2.30. The Morgan fingerprint density at radius 1 is 1.24 bits per heavy atom. The molecule has 0 bridgehead atoms. The zero-order chi connectivity index (χ0) is 17.6. The fourth-order valence-corrected chi connectivity index (χ4v) is 5.06. The van der Waals surface area contributed by atoms with Crippen molar-refractivity contribution in [3.8, 4) is 0 Å². The molecule has 1 aliphatic carbocycles. The van der Waals surface area contributed by atoms with Gasteiger partial charge < -0.3 is 5.32 Å². The van der Waals surface area contributed by atoms with Crippen molar-refractivity contribution in [2.75, 3.05) is 17.6 Å². The van der Waals surface area contributed by atoms with Crippen molar-refractivity contribution in [3.63, 3.8) is 0 Å². The van der Waals surface area contributed by atoms with Gasteiger partial charge in [-0.05, 0) is 75.0 Å². The summed E-state index contributed by atoms with van der Waals surface area (Å²) < 4.78 is 3.82. The zero-order valence-electron chi connectivity index (χ0n) is 15.7. The molecule has 1 aliphatic rings. The van der Waals surface area contributed by atoms with Gasteiger partial charge >= 0.3 is 0 Å². The quantitative estimate of drug-likeness (QED) is 0.704. The smallest absolute Gasteiger partial charge is 0.0732 e. The predicted molar refractivity (Wildman–Crippen MR) is 114 cm³/mol. The molecule has 1 aromatic carbocycles. The fourth-order valence-electron chi connectivity index (χ4n) is 3.76. The van der Waals surface area contributed by atoms with Crippen molar-refractivity contribution in [2.24, 2.45) is 5.92 Å². The maximum atomic E-state index is 4.48. The SMILES string of the molecule is C/C=S(\CC)NC1CCC(CNc2cc(C)c3ncccc3c2)CC1. The Labute approximate surface area is 154 Å². The number of nitrogens with one attached hydrogen (secondary N) is 2. The second-order valence-electron chi connectivity index (χ2n) is 7.04. The summed E-state index contributed by atoms with van der Waals surface area (Å²) >= 11 is 0. The van der Waals surface area contributed by atoms with Crippen LogP contribution in [0.15, 0.2) is 30.5 Å². The first-order valence-electron chi connectivity index (χ1n) is 9.54. The van der Waals surface area contributed by atoms with Crippen LogP contribution in [0.3, 0.4) is 0 Å². The van der Waals surface area contributed by atoms with Crippen molar-refractivity contribution in [1.82, 2.24) is 9.71 Å². The summed E-state index contributed by atoms with van der Waals surface area (Å²) in [6.07, 6.45) is 7.14. The van der Waals surface area contributed by atoms with E-state index in [0.29, 0.717) is 16.7 Å². The van der Waals surface area contributed by atoms with E-state index in [0.717, 1.165) is 18.0 Å². The number of fused-ring (bicyclic) bond motifs is 1. The minimum atomic E-state index is 0.307. The van der Waals surface area contributed by atoms with E-state index in [1.807, 2.05) is 12.3 Å². The average Bonchev–Trinajstić information content (AvgIpc) is 2.65. The summed E-state index contributed by atoms with van der Waals surface area (Å²) in [4.78, 5) is 4.48. The van der Waals surface area contributed by atoms with Crippen LogP contribution in [-0.2, 0) is 0 Å². The molecule has 2 N–H and O–H groups in total. The van der Waals surface area contributed by atoms with Gasteiger partial charge in [-0.15, -0.1) is 10.7 Å². The largest absolute Gasteiger partial charge is 0.385 e. The number of aromatic nitrogens is 1.